The van der Waals surface area contributed by atoms with Crippen molar-refractivity contribution in [3.05, 3.63) is 71.5 Å². The molecule has 194 valence electrons. The molecule has 1 amide bonds. The number of nitrogens with zero attached hydrogens (tertiary/aromatic N) is 3. The fourth-order valence-electron chi connectivity index (χ4n) is 6.50. The van der Waals surface area contributed by atoms with Gasteiger partial charge in [-0.3, -0.25) is 4.79 Å². The minimum absolute atomic E-state index is 0.00167. The van der Waals surface area contributed by atoms with Gasteiger partial charge in [0.1, 0.15) is 0 Å². The molecule has 1 N–H and O–H groups in total. The van der Waals surface area contributed by atoms with Crippen LogP contribution in [0.15, 0.2) is 59.5 Å². The molecule has 8 nitrogen and oxygen atoms in total. The van der Waals surface area contributed by atoms with Crippen molar-refractivity contribution >= 4 is 21.6 Å². The first-order valence-corrected chi connectivity index (χ1v) is 14.3. The Bertz CT molecular complexity index is 1480. The number of carbonyl (C=O) groups is 1. The average molecular weight is 521 g/mol. The molecule has 3 aromatic rings. The second-order valence-corrected chi connectivity index (χ2v) is 12.9. The van der Waals surface area contributed by atoms with Crippen LogP contribution in [0.2, 0.25) is 0 Å². The molecule has 2 heterocycles. The number of sulfonamides is 1. The van der Waals surface area contributed by atoms with Crippen LogP contribution >= 0.6 is 0 Å². The molecule has 3 aliphatic rings. The number of hydrogen-bond acceptors (Lipinski definition) is 5. The van der Waals surface area contributed by atoms with E-state index in [4.69, 9.17) is 9.84 Å². The summed E-state index contributed by atoms with van der Waals surface area (Å²) in [6.07, 6.45) is 2.07. The molecular formula is C28H32N4O4S. The zero-order valence-corrected chi connectivity index (χ0v) is 22.2. The summed E-state index contributed by atoms with van der Waals surface area (Å²) in [6, 6.07) is 16.4. The first kappa shape index (κ1) is 24.3. The zero-order chi connectivity index (χ0) is 26.0. The smallest absolute Gasteiger partial charge is 0.276 e. The maximum Gasteiger partial charge on any atom is 0.276 e. The Morgan fingerprint density at radius 2 is 1.78 bits per heavy atom. The monoisotopic (exact) mass is 520 g/mol. The molecule has 1 aromatic heterocycles. The normalized spacial score (nSPS) is 24.7. The molecule has 9 heteroatoms. The number of hydrogen-bond donors (Lipinski definition) is 1. The number of amides is 1. The second-order valence-electron chi connectivity index (χ2n) is 11.0. The number of benzene rings is 2. The van der Waals surface area contributed by atoms with E-state index in [9.17, 15) is 13.2 Å². The molecule has 1 saturated heterocycles. The van der Waals surface area contributed by atoms with Gasteiger partial charge in [-0.1, -0.05) is 45.0 Å². The molecule has 2 fully saturated rings. The molecule has 2 bridgehead atoms. The molecule has 0 radical (unpaired) electrons. The third-order valence-electron chi connectivity index (χ3n) is 8.94. The topological polar surface area (TPSA) is 93.5 Å². The summed E-state index contributed by atoms with van der Waals surface area (Å²) in [5.41, 5.74) is 3.82. The highest BCUT2D eigenvalue weighted by Gasteiger charge is 2.63. The molecule has 1 saturated carbocycles. The van der Waals surface area contributed by atoms with Gasteiger partial charge in [0.05, 0.1) is 29.5 Å². The molecule has 2 aliphatic carbocycles. The number of ether oxygens (including phenoxy) is 1. The summed E-state index contributed by atoms with van der Waals surface area (Å²) in [4.78, 5) is 13.9. The van der Waals surface area contributed by atoms with E-state index in [2.05, 4.69) is 26.1 Å². The fourth-order valence-corrected chi connectivity index (χ4v) is 7.96. The maximum absolute atomic E-state index is 13.7. The van der Waals surface area contributed by atoms with Crippen molar-refractivity contribution in [2.75, 3.05) is 31.6 Å². The highest BCUT2D eigenvalue weighted by atomic mass is 32.2. The van der Waals surface area contributed by atoms with Crippen LogP contribution in [0.25, 0.3) is 5.69 Å². The summed E-state index contributed by atoms with van der Waals surface area (Å²) in [5, 5.41) is 7.80. The van der Waals surface area contributed by atoms with Gasteiger partial charge in [0.15, 0.2) is 5.69 Å². The fraction of sp³-hybridized carbons (Fsp3) is 0.429. The first-order valence-electron chi connectivity index (χ1n) is 12.8. The third kappa shape index (κ3) is 3.59. The van der Waals surface area contributed by atoms with Gasteiger partial charge in [-0.25, -0.2) is 13.1 Å². The zero-order valence-electron chi connectivity index (χ0n) is 21.4. The summed E-state index contributed by atoms with van der Waals surface area (Å²) in [5.74, 6) is -0.0856. The number of para-hydroxylation sites is 1. The average Bonchev–Trinajstić information content (AvgIpc) is 3.47. The predicted molar refractivity (Wildman–Crippen MR) is 141 cm³/mol. The Kier molecular flexibility index (Phi) is 5.60. The number of anilines is 1. The van der Waals surface area contributed by atoms with Crippen LogP contribution < -0.4 is 5.32 Å². The molecule has 2 aromatic carbocycles. The van der Waals surface area contributed by atoms with Crippen molar-refractivity contribution in [1.82, 2.24) is 14.1 Å². The molecule has 6 rings (SSSR count). The van der Waals surface area contributed by atoms with Gasteiger partial charge in [-0.15, -0.1) is 0 Å². The minimum Gasteiger partial charge on any atom is -0.379 e. The van der Waals surface area contributed by atoms with Crippen LogP contribution in [0, 0.1) is 5.41 Å². The first-order chi connectivity index (χ1) is 17.6. The van der Waals surface area contributed by atoms with Crippen molar-refractivity contribution in [3.8, 4) is 5.69 Å². The van der Waals surface area contributed by atoms with Crippen molar-refractivity contribution in [3.63, 3.8) is 0 Å². The van der Waals surface area contributed by atoms with Gasteiger partial charge in [0, 0.05) is 29.8 Å². The van der Waals surface area contributed by atoms with E-state index in [-0.39, 0.29) is 27.6 Å². The summed E-state index contributed by atoms with van der Waals surface area (Å²) in [7, 11) is -3.67. The lowest BCUT2D eigenvalue weighted by Gasteiger charge is -2.35. The van der Waals surface area contributed by atoms with Crippen LogP contribution in [-0.2, 0) is 20.2 Å². The Labute approximate surface area is 217 Å². The lowest BCUT2D eigenvalue weighted by atomic mass is 9.70. The van der Waals surface area contributed by atoms with Crippen molar-refractivity contribution in [1.29, 1.82) is 0 Å². The predicted octanol–water partition coefficient (Wildman–Crippen LogP) is 4.32. The standard InChI is InChI=1S/C28H32N4O4S/c1-27(2)22-12-13-28(27,3)25-23(22)24(30-32(25)20-9-5-4-6-10-20)26(33)29-19-8-7-11-21(18-19)37(34,35)31-14-16-36-17-15-31/h4-11,18,22H,12-17H2,1-3H3,(H,29,33)/t22-,28-/m1/s1. The Morgan fingerprint density at radius 1 is 1.05 bits per heavy atom. The van der Waals surface area contributed by atoms with E-state index in [1.54, 1.807) is 18.2 Å². The van der Waals surface area contributed by atoms with E-state index in [0.717, 1.165) is 29.8 Å². The van der Waals surface area contributed by atoms with Crippen molar-refractivity contribution < 1.29 is 17.9 Å². The Morgan fingerprint density at radius 3 is 2.51 bits per heavy atom. The molecule has 1 aliphatic heterocycles. The van der Waals surface area contributed by atoms with Gasteiger partial charge in [-0.05, 0) is 54.5 Å². The lowest BCUT2D eigenvalue weighted by molar-refractivity contribution is 0.0730. The highest BCUT2D eigenvalue weighted by molar-refractivity contribution is 7.89. The van der Waals surface area contributed by atoms with Gasteiger partial charge >= 0.3 is 0 Å². The minimum atomic E-state index is -3.67. The van der Waals surface area contributed by atoms with E-state index in [1.807, 2.05) is 35.0 Å². The van der Waals surface area contributed by atoms with Crippen LogP contribution in [-0.4, -0.2) is 54.7 Å². The number of aromatic nitrogens is 2. The highest BCUT2D eigenvalue weighted by Crippen LogP contribution is 2.68. The Balaban J connectivity index is 1.37. The molecular weight excluding hydrogens is 488 g/mol. The SMILES string of the molecule is CC1(C)[C@@H]2CC[C@]1(C)c1c2c(C(=O)Nc2cccc(S(=O)(=O)N3CCOCC3)c2)nn1-c1ccccc1. The quantitative estimate of drug-likeness (QED) is 0.541. The summed E-state index contributed by atoms with van der Waals surface area (Å²) in [6.45, 7) is 8.27. The van der Waals surface area contributed by atoms with Crippen molar-refractivity contribution in [2.24, 2.45) is 5.41 Å². The molecule has 0 unspecified atom stereocenters. The van der Waals surface area contributed by atoms with E-state index in [0.29, 0.717) is 37.7 Å². The van der Waals surface area contributed by atoms with Crippen LogP contribution in [0.3, 0.4) is 0 Å². The lowest BCUT2D eigenvalue weighted by Crippen LogP contribution is -2.40. The van der Waals surface area contributed by atoms with Crippen LogP contribution in [0.4, 0.5) is 5.69 Å². The largest absolute Gasteiger partial charge is 0.379 e. The Hall–Kier alpha value is -3.01. The van der Waals surface area contributed by atoms with Crippen LogP contribution in [0.1, 0.15) is 61.3 Å². The van der Waals surface area contributed by atoms with E-state index < -0.39 is 10.0 Å². The molecule has 2 atom stereocenters. The van der Waals surface area contributed by atoms with Gasteiger partial charge in [0.25, 0.3) is 5.91 Å². The van der Waals surface area contributed by atoms with Gasteiger partial charge in [0.2, 0.25) is 10.0 Å². The van der Waals surface area contributed by atoms with E-state index >= 15 is 0 Å². The number of morpholine rings is 1. The van der Waals surface area contributed by atoms with Gasteiger partial charge in [-0.2, -0.15) is 9.40 Å². The second kappa shape index (κ2) is 8.51. The number of carbonyl (C=O) groups excluding carboxylic acids is 1. The molecule has 0 spiro atoms. The van der Waals surface area contributed by atoms with Crippen LogP contribution in [0.5, 0.6) is 0 Å². The summed E-state index contributed by atoms with van der Waals surface area (Å²) < 4.78 is 35.0. The summed E-state index contributed by atoms with van der Waals surface area (Å²) >= 11 is 0. The third-order valence-corrected chi connectivity index (χ3v) is 10.8. The van der Waals surface area contributed by atoms with Crippen molar-refractivity contribution in [2.45, 2.75) is 49.8 Å². The number of rotatable bonds is 5. The van der Waals surface area contributed by atoms with E-state index in [1.165, 1.54) is 10.4 Å². The number of fused-ring (bicyclic) bond motifs is 5. The number of nitrogens with one attached hydrogen (secondary N) is 1. The maximum atomic E-state index is 13.7. The van der Waals surface area contributed by atoms with Gasteiger partial charge < -0.3 is 10.1 Å². The molecule has 37 heavy (non-hydrogen) atoms.